The summed E-state index contributed by atoms with van der Waals surface area (Å²) in [5.74, 6) is 1.90. The van der Waals surface area contributed by atoms with E-state index in [1.54, 1.807) is 0 Å². The Balaban J connectivity index is 1.64. The van der Waals surface area contributed by atoms with Crippen molar-refractivity contribution in [3.05, 3.63) is 59.4 Å². The van der Waals surface area contributed by atoms with E-state index >= 15 is 0 Å². The summed E-state index contributed by atoms with van der Waals surface area (Å²) in [5, 5.41) is 0.665. The van der Waals surface area contributed by atoms with Crippen molar-refractivity contribution in [1.82, 2.24) is 9.55 Å². The van der Waals surface area contributed by atoms with Gasteiger partial charge in [0.15, 0.2) is 0 Å². The standard InChI is InChI=1S/C21H25ClN2O/c1-21(2,3)20-23-17-11-5-6-12-18(17)24(20)14-8-9-15-25-19-13-7-4-10-16(19)22/h4-7,10-13H,8-9,14-15H2,1-3H3. The summed E-state index contributed by atoms with van der Waals surface area (Å²) < 4.78 is 8.14. The second-order valence-corrected chi connectivity index (χ2v) is 7.72. The predicted octanol–water partition coefficient (Wildman–Crippen LogP) is 5.85. The average molecular weight is 357 g/mol. The lowest BCUT2D eigenvalue weighted by atomic mass is 9.95. The molecule has 0 amide bonds. The number of halogens is 1. The highest BCUT2D eigenvalue weighted by molar-refractivity contribution is 6.32. The minimum atomic E-state index is 0.0209. The SMILES string of the molecule is CC(C)(C)c1nc2ccccc2n1CCCCOc1ccccc1Cl. The molecule has 3 nitrogen and oxygen atoms in total. The summed E-state index contributed by atoms with van der Waals surface area (Å²) in [6, 6.07) is 16.0. The van der Waals surface area contributed by atoms with Gasteiger partial charge >= 0.3 is 0 Å². The summed E-state index contributed by atoms with van der Waals surface area (Å²) in [6.07, 6.45) is 2.01. The molecule has 0 bridgehead atoms. The number of unbranched alkanes of at least 4 members (excludes halogenated alkanes) is 1. The number of fused-ring (bicyclic) bond motifs is 1. The molecule has 0 aliphatic heterocycles. The minimum absolute atomic E-state index is 0.0209. The molecule has 0 unspecified atom stereocenters. The van der Waals surface area contributed by atoms with Crippen molar-refractivity contribution in [1.29, 1.82) is 0 Å². The Morgan fingerprint density at radius 2 is 1.72 bits per heavy atom. The van der Waals surface area contributed by atoms with E-state index in [-0.39, 0.29) is 5.41 Å². The maximum atomic E-state index is 6.12. The molecule has 3 aromatic rings. The zero-order chi connectivity index (χ0) is 17.9. The van der Waals surface area contributed by atoms with Crippen LogP contribution in [0, 0.1) is 0 Å². The molecule has 0 aliphatic rings. The van der Waals surface area contributed by atoms with Gasteiger partial charge < -0.3 is 9.30 Å². The van der Waals surface area contributed by atoms with Crippen molar-refractivity contribution in [3.8, 4) is 5.75 Å². The molecule has 0 saturated heterocycles. The number of aromatic nitrogens is 2. The first-order valence-corrected chi connectivity index (χ1v) is 9.18. The van der Waals surface area contributed by atoms with Crippen LogP contribution in [0.1, 0.15) is 39.4 Å². The molecule has 0 N–H and O–H groups in total. The average Bonchev–Trinajstić information content (AvgIpc) is 2.95. The fourth-order valence-electron chi connectivity index (χ4n) is 2.99. The maximum Gasteiger partial charge on any atom is 0.137 e. The van der Waals surface area contributed by atoms with Crippen molar-refractivity contribution in [2.24, 2.45) is 0 Å². The summed E-state index contributed by atoms with van der Waals surface area (Å²) in [5.41, 5.74) is 2.30. The van der Waals surface area contributed by atoms with Gasteiger partial charge in [0.05, 0.1) is 22.7 Å². The molecule has 0 aliphatic carbocycles. The Morgan fingerprint density at radius 3 is 2.48 bits per heavy atom. The number of benzene rings is 2. The summed E-state index contributed by atoms with van der Waals surface area (Å²) in [6.45, 7) is 8.25. The van der Waals surface area contributed by atoms with Gasteiger partial charge in [0.25, 0.3) is 0 Å². The smallest absolute Gasteiger partial charge is 0.137 e. The van der Waals surface area contributed by atoms with Crippen LogP contribution in [0.3, 0.4) is 0 Å². The monoisotopic (exact) mass is 356 g/mol. The zero-order valence-electron chi connectivity index (χ0n) is 15.1. The molecule has 1 heterocycles. The molecule has 0 atom stereocenters. The van der Waals surface area contributed by atoms with Gasteiger partial charge in [-0.05, 0) is 37.1 Å². The van der Waals surface area contributed by atoms with Crippen molar-refractivity contribution in [2.75, 3.05) is 6.61 Å². The molecule has 0 saturated carbocycles. The van der Waals surface area contributed by atoms with Gasteiger partial charge in [-0.1, -0.05) is 56.6 Å². The van der Waals surface area contributed by atoms with Crippen LogP contribution >= 0.6 is 11.6 Å². The highest BCUT2D eigenvalue weighted by Crippen LogP contribution is 2.27. The topological polar surface area (TPSA) is 27.1 Å². The van der Waals surface area contributed by atoms with E-state index in [0.29, 0.717) is 11.6 Å². The van der Waals surface area contributed by atoms with Gasteiger partial charge in [0.1, 0.15) is 11.6 Å². The number of para-hydroxylation sites is 3. The Hall–Kier alpha value is -2.00. The number of imidazole rings is 1. The van der Waals surface area contributed by atoms with Crippen LogP contribution in [0.2, 0.25) is 5.02 Å². The number of aryl methyl sites for hydroxylation is 1. The third kappa shape index (κ3) is 4.16. The molecule has 0 spiro atoms. The van der Waals surface area contributed by atoms with Crippen molar-refractivity contribution < 1.29 is 4.74 Å². The largest absolute Gasteiger partial charge is 0.492 e. The number of hydrogen-bond acceptors (Lipinski definition) is 2. The Kier molecular flexibility index (Phi) is 5.33. The fourth-order valence-corrected chi connectivity index (χ4v) is 3.18. The van der Waals surface area contributed by atoms with Crippen molar-refractivity contribution >= 4 is 22.6 Å². The third-order valence-corrected chi connectivity index (χ3v) is 4.51. The molecule has 3 rings (SSSR count). The third-order valence-electron chi connectivity index (χ3n) is 4.20. The van der Waals surface area contributed by atoms with Crippen LogP contribution in [0.4, 0.5) is 0 Å². The van der Waals surface area contributed by atoms with Gasteiger partial charge in [-0.3, -0.25) is 0 Å². The zero-order valence-corrected chi connectivity index (χ0v) is 15.9. The van der Waals surface area contributed by atoms with Crippen LogP contribution < -0.4 is 4.74 Å². The van der Waals surface area contributed by atoms with E-state index in [1.165, 1.54) is 5.52 Å². The van der Waals surface area contributed by atoms with E-state index in [2.05, 4.69) is 43.5 Å². The van der Waals surface area contributed by atoms with Crippen LogP contribution in [-0.4, -0.2) is 16.2 Å². The highest BCUT2D eigenvalue weighted by atomic mass is 35.5. The number of ether oxygens (including phenoxy) is 1. The predicted molar refractivity (Wildman–Crippen MR) is 105 cm³/mol. The maximum absolute atomic E-state index is 6.12. The number of rotatable bonds is 6. The lowest BCUT2D eigenvalue weighted by Crippen LogP contribution is -2.19. The normalized spacial score (nSPS) is 11.8. The Morgan fingerprint density at radius 1 is 1.00 bits per heavy atom. The van der Waals surface area contributed by atoms with E-state index < -0.39 is 0 Å². The molecule has 25 heavy (non-hydrogen) atoms. The van der Waals surface area contributed by atoms with E-state index in [1.807, 2.05) is 30.3 Å². The second kappa shape index (κ2) is 7.49. The quantitative estimate of drug-likeness (QED) is 0.518. The molecule has 2 aromatic carbocycles. The highest BCUT2D eigenvalue weighted by Gasteiger charge is 2.22. The van der Waals surface area contributed by atoms with Crippen LogP contribution in [0.5, 0.6) is 5.75 Å². The number of nitrogens with zero attached hydrogens (tertiary/aromatic N) is 2. The first kappa shape index (κ1) is 17.8. The van der Waals surface area contributed by atoms with E-state index in [0.717, 1.165) is 36.5 Å². The van der Waals surface area contributed by atoms with Crippen LogP contribution in [0.25, 0.3) is 11.0 Å². The summed E-state index contributed by atoms with van der Waals surface area (Å²) in [4.78, 5) is 4.86. The van der Waals surface area contributed by atoms with Gasteiger partial charge in [-0.25, -0.2) is 4.98 Å². The molecular weight excluding hydrogens is 332 g/mol. The van der Waals surface area contributed by atoms with Gasteiger partial charge in [-0.2, -0.15) is 0 Å². The molecule has 0 radical (unpaired) electrons. The Labute approximate surface area is 154 Å². The van der Waals surface area contributed by atoms with E-state index in [9.17, 15) is 0 Å². The number of hydrogen-bond donors (Lipinski definition) is 0. The summed E-state index contributed by atoms with van der Waals surface area (Å²) >= 11 is 6.12. The molecule has 132 valence electrons. The molecular formula is C21H25ClN2O. The van der Waals surface area contributed by atoms with Gasteiger partial charge in [0.2, 0.25) is 0 Å². The second-order valence-electron chi connectivity index (χ2n) is 7.31. The lowest BCUT2D eigenvalue weighted by molar-refractivity contribution is 0.302. The molecule has 0 fully saturated rings. The summed E-state index contributed by atoms with van der Waals surface area (Å²) in [7, 11) is 0. The Bertz CT molecular complexity index is 848. The fraction of sp³-hybridized carbons (Fsp3) is 0.381. The van der Waals surface area contributed by atoms with Crippen LogP contribution in [0.15, 0.2) is 48.5 Å². The van der Waals surface area contributed by atoms with Crippen molar-refractivity contribution in [2.45, 2.75) is 45.6 Å². The first-order valence-electron chi connectivity index (χ1n) is 8.80. The first-order chi connectivity index (χ1) is 12.0. The van der Waals surface area contributed by atoms with Gasteiger partial charge in [0, 0.05) is 12.0 Å². The van der Waals surface area contributed by atoms with E-state index in [4.69, 9.17) is 21.3 Å². The molecule has 4 heteroatoms. The van der Waals surface area contributed by atoms with Gasteiger partial charge in [-0.15, -0.1) is 0 Å². The molecule has 1 aromatic heterocycles. The lowest BCUT2D eigenvalue weighted by Gasteiger charge is -2.20. The minimum Gasteiger partial charge on any atom is -0.492 e. The van der Waals surface area contributed by atoms with Crippen molar-refractivity contribution in [3.63, 3.8) is 0 Å². The van der Waals surface area contributed by atoms with Crippen LogP contribution in [-0.2, 0) is 12.0 Å².